The molecule has 0 radical (unpaired) electrons. The van der Waals surface area contributed by atoms with Crippen molar-refractivity contribution < 1.29 is 34.1 Å². The molecule has 0 aromatic rings. The Hall–Kier alpha value is -1.80. The fourth-order valence-corrected chi connectivity index (χ4v) is 4.96. The lowest BCUT2D eigenvalue weighted by Crippen LogP contribution is -2.48. The minimum atomic E-state index is -1.33. The molecule has 0 aromatic heterocycles. The van der Waals surface area contributed by atoms with Crippen LogP contribution in [0, 0.1) is 0 Å². The number of nitrogens with zero attached hydrogens (tertiary/aromatic N) is 1. The van der Waals surface area contributed by atoms with Gasteiger partial charge in [0.1, 0.15) is 18.2 Å². The average molecular weight is 513 g/mol. The smallest absolute Gasteiger partial charge is 0.329 e. The van der Waals surface area contributed by atoms with E-state index in [4.69, 9.17) is 15.6 Å². The van der Waals surface area contributed by atoms with Crippen LogP contribution in [0.5, 0.6) is 0 Å². The monoisotopic (exact) mass is 512 g/mol. The summed E-state index contributed by atoms with van der Waals surface area (Å²) >= 11 is 0.621. The average Bonchev–Trinajstić information content (AvgIpc) is 2.59. The maximum absolute atomic E-state index is 12.3. The zero-order chi connectivity index (χ0) is 25.1. The second-order valence-electron chi connectivity index (χ2n) is 8.42. The van der Waals surface area contributed by atoms with Crippen LogP contribution in [-0.4, -0.2) is 79.8 Å². The summed E-state index contributed by atoms with van der Waals surface area (Å²) in [7, 11) is 2.85. The SMILES string of the molecule is CC(C)(C)OC(N)=NC(CSC(=O)NC(CSSC(C)(C)C)C(=O)NCC(=O)O)C(=O)O. The summed E-state index contributed by atoms with van der Waals surface area (Å²) in [6.45, 7) is 10.5. The highest BCUT2D eigenvalue weighted by Gasteiger charge is 2.25. The van der Waals surface area contributed by atoms with Crippen molar-refractivity contribution in [2.45, 2.75) is 64.0 Å². The van der Waals surface area contributed by atoms with Crippen LogP contribution < -0.4 is 16.4 Å². The Morgan fingerprint density at radius 2 is 1.66 bits per heavy atom. The van der Waals surface area contributed by atoms with Gasteiger partial charge in [-0.25, -0.2) is 9.79 Å². The molecular formula is C18H32N4O7S3. The quantitative estimate of drug-likeness (QED) is 0.155. The molecule has 2 atom stereocenters. The molecule has 0 rings (SSSR count). The first-order valence-electron chi connectivity index (χ1n) is 9.48. The lowest BCUT2D eigenvalue weighted by Gasteiger charge is -2.21. The molecule has 32 heavy (non-hydrogen) atoms. The van der Waals surface area contributed by atoms with E-state index in [1.807, 2.05) is 20.8 Å². The van der Waals surface area contributed by atoms with Crippen LogP contribution >= 0.6 is 33.3 Å². The van der Waals surface area contributed by atoms with Gasteiger partial charge in [-0.15, -0.1) is 0 Å². The molecule has 0 aliphatic rings. The van der Waals surface area contributed by atoms with Gasteiger partial charge < -0.3 is 31.3 Å². The summed E-state index contributed by atoms with van der Waals surface area (Å²) in [5, 5.41) is 22.1. The van der Waals surface area contributed by atoms with Crippen molar-refractivity contribution in [1.29, 1.82) is 0 Å². The number of rotatable bonds is 11. The number of carbonyl (C=O) groups excluding carboxylic acids is 2. The number of nitrogens with two attached hydrogens (primary N) is 1. The molecule has 14 heteroatoms. The molecule has 0 fully saturated rings. The Labute approximate surface area is 199 Å². The van der Waals surface area contributed by atoms with Gasteiger partial charge in [0.05, 0.1) is 0 Å². The van der Waals surface area contributed by atoms with Crippen molar-refractivity contribution in [3.63, 3.8) is 0 Å². The summed E-state index contributed by atoms with van der Waals surface area (Å²) < 4.78 is 5.20. The molecule has 6 N–H and O–H groups in total. The van der Waals surface area contributed by atoms with Crippen LogP contribution in [0.25, 0.3) is 0 Å². The van der Waals surface area contributed by atoms with E-state index in [1.165, 1.54) is 21.6 Å². The second kappa shape index (κ2) is 13.7. The summed E-state index contributed by atoms with van der Waals surface area (Å²) in [6.07, 6.45) is 0. The van der Waals surface area contributed by atoms with Crippen LogP contribution in [-0.2, 0) is 19.1 Å². The molecule has 11 nitrogen and oxygen atoms in total. The Balaban J connectivity index is 5.04. The van der Waals surface area contributed by atoms with E-state index >= 15 is 0 Å². The minimum absolute atomic E-state index is 0.0900. The number of nitrogens with one attached hydrogen (secondary N) is 2. The predicted octanol–water partition coefficient (Wildman–Crippen LogP) is 1.76. The maximum atomic E-state index is 12.3. The molecule has 184 valence electrons. The number of ether oxygens (including phenoxy) is 1. The number of amides is 2. The number of carboxylic acids is 2. The maximum Gasteiger partial charge on any atom is 0.329 e. The summed E-state index contributed by atoms with van der Waals surface area (Å²) in [6, 6.07) is -2.65. The van der Waals surface area contributed by atoms with Crippen molar-refractivity contribution in [3.05, 3.63) is 0 Å². The topological polar surface area (TPSA) is 180 Å². The molecule has 0 aliphatic carbocycles. The molecule has 0 heterocycles. The molecule has 2 unspecified atom stereocenters. The van der Waals surface area contributed by atoms with Crippen LogP contribution in [0.4, 0.5) is 4.79 Å². The predicted molar refractivity (Wildman–Crippen MR) is 129 cm³/mol. The van der Waals surface area contributed by atoms with Gasteiger partial charge >= 0.3 is 11.9 Å². The van der Waals surface area contributed by atoms with Gasteiger partial charge in [-0.2, -0.15) is 0 Å². The number of hydrogen-bond donors (Lipinski definition) is 5. The van der Waals surface area contributed by atoms with Gasteiger partial charge in [0, 0.05) is 16.3 Å². The molecule has 0 saturated heterocycles. The minimum Gasteiger partial charge on any atom is -0.480 e. The Morgan fingerprint density at radius 3 is 2.12 bits per heavy atom. The molecule has 0 bridgehead atoms. The number of amidine groups is 1. The molecule has 0 spiro atoms. The zero-order valence-electron chi connectivity index (χ0n) is 19.0. The number of carbonyl (C=O) groups is 4. The van der Waals surface area contributed by atoms with Gasteiger partial charge in [-0.05, 0) is 20.8 Å². The van der Waals surface area contributed by atoms with Crippen molar-refractivity contribution in [1.82, 2.24) is 10.6 Å². The third-order valence-electron chi connectivity index (χ3n) is 2.92. The van der Waals surface area contributed by atoms with Crippen molar-refractivity contribution in [2.75, 3.05) is 18.1 Å². The van der Waals surface area contributed by atoms with Gasteiger partial charge in [-0.1, -0.05) is 54.1 Å². The Morgan fingerprint density at radius 1 is 1.06 bits per heavy atom. The normalized spacial score (nSPS) is 14.2. The van der Waals surface area contributed by atoms with E-state index in [0.29, 0.717) is 11.8 Å². The van der Waals surface area contributed by atoms with Gasteiger partial charge in [0.25, 0.3) is 11.3 Å². The number of thioether (sulfide) groups is 1. The van der Waals surface area contributed by atoms with Crippen LogP contribution in [0.1, 0.15) is 41.5 Å². The van der Waals surface area contributed by atoms with Crippen LogP contribution in [0.2, 0.25) is 0 Å². The number of aliphatic imine (C=N–C) groups is 1. The van der Waals surface area contributed by atoms with E-state index in [-0.39, 0.29) is 22.3 Å². The highest BCUT2D eigenvalue weighted by atomic mass is 33.1. The number of aliphatic carboxylic acids is 2. The highest BCUT2D eigenvalue weighted by Crippen LogP contribution is 2.35. The molecule has 0 aromatic carbocycles. The third-order valence-corrected chi connectivity index (χ3v) is 7.13. The van der Waals surface area contributed by atoms with E-state index in [9.17, 15) is 24.3 Å². The Kier molecular flexibility index (Phi) is 12.9. The van der Waals surface area contributed by atoms with E-state index in [2.05, 4.69) is 15.6 Å². The van der Waals surface area contributed by atoms with E-state index in [1.54, 1.807) is 20.8 Å². The zero-order valence-corrected chi connectivity index (χ0v) is 21.4. The van der Waals surface area contributed by atoms with Crippen molar-refractivity contribution in [2.24, 2.45) is 10.7 Å². The van der Waals surface area contributed by atoms with Crippen LogP contribution in [0.3, 0.4) is 0 Å². The number of hydrogen-bond acceptors (Lipinski definition) is 9. The molecule has 0 saturated carbocycles. The van der Waals surface area contributed by atoms with Gasteiger partial charge in [0.15, 0.2) is 6.04 Å². The number of carboxylic acid groups (broad SMARTS) is 2. The lowest BCUT2D eigenvalue weighted by molar-refractivity contribution is -0.138. The van der Waals surface area contributed by atoms with Gasteiger partial charge in [0.2, 0.25) is 5.91 Å². The fourth-order valence-electron chi connectivity index (χ4n) is 1.74. The molecule has 0 aliphatic heterocycles. The Bertz CT molecular complexity index is 706. The summed E-state index contributed by atoms with van der Waals surface area (Å²) in [5.41, 5.74) is 4.96. The molecule has 2 amide bonds. The first-order chi connectivity index (χ1) is 14.5. The standard InChI is InChI=1S/C18H32N4O7S3/c1-17(2,3)29-15(19)21-11(14(26)27)8-30-16(28)22-10(9-31-32-18(4,5)6)13(25)20-7-12(23)24/h10-11H,7-9H2,1-6H3,(H2,19,21)(H,20,25)(H,22,28)(H,23,24)(H,26,27). The summed E-state index contributed by atoms with van der Waals surface area (Å²) in [5.74, 6) is -3.22. The largest absolute Gasteiger partial charge is 0.480 e. The second-order valence-corrected chi connectivity index (χ2v) is 12.6. The first kappa shape index (κ1) is 30.2. The van der Waals surface area contributed by atoms with E-state index < -0.39 is 47.3 Å². The lowest BCUT2D eigenvalue weighted by atomic mass is 10.2. The molecular weight excluding hydrogens is 480 g/mol. The third kappa shape index (κ3) is 15.9. The highest BCUT2D eigenvalue weighted by molar-refractivity contribution is 8.77. The van der Waals surface area contributed by atoms with Crippen LogP contribution in [0.15, 0.2) is 4.99 Å². The van der Waals surface area contributed by atoms with E-state index in [0.717, 1.165) is 0 Å². The van der Waals surface area contributed by atoms with Gasteiger partial charge in [-0.3, -0.25) is 14.4 Å². The fraction of sp³-hybridized carbons (Fsp3) is 0.722. The van der Waals surface area contributed by atoms with Crippen molar-refractivity contribution >= 4 is 62.5 Å². The first-order valence-corrected chi connectivity index (χ1v) is 12.8. The summed E-state index contributed by atoms with van der Waals surface area (Å²) in [4.78, 5) is 50.6. The van der Waals surface area contributed by atoms with Crippen molar-refractivity contribution in [3.8, 4) is 0 Å².